The van der Waals surface area contributed by atoms with Crippen LogP contribution in [0.1, 0.15) is 72.4 Å². The van der Waals surface area contributed by atoms with Crippen LogP contribution in [0.25, 0.3) is 50.1 Å². The molecule has 0 saturated heterocycles. The van der Waals surface area contributed by atoms with E-state index in [0.717, 1.165) is 64.2 Å². The van der Waals surface area contributed by atoms with Gasteiger partial charge in [0.05, 0.1) is 23.0 Å². The molecule has 1 aromatic heterocycles. The highest BCUT2D eigenvalue weighted by atomic mass is 16.5. The number of rotatable bonds is 3. The van der Waals surface area contributed by atoms with Crippen molar-refractivity contribution in [1.82, 2.24) is 9.97 Å². The number of nitrogens with zero attached hydrogens (tertiary/aromatic N) is 3. The van der Waals surface area contributed by atoms with Crippen LogP contribution in [0.5, 0.6) is 5.75 Å². The zero-order valence-electron chi connectivity index (χ0n) is 27.1. The van der Waals surface area contributed by atoms with Gasteiger partial charge in [-0.1, -0.05) is 104 Å². The van der Waals surface area contributed by atoms with Gasteiger partial charge in [-0.25, -0.2) is 9.97 Å². The molecule has 0 amide bonds. The maximum Gasteiger partial charge on any atom is 0.160 e. The van der Waals surface area contributed by atoms with Crippen LogP contribution in [0.2, 0.25) is 0 Å². The molecule has 234 valence electrons. The Labute approximate surface area is 286 Å². The maximum absolute atomic E-state index is 9.95. The van der Waals surface area contributed by atoms with Gasteiger partial charge in [-0.05, 0) is 94.3 Å². The second-order valence-electron chi connectivity index (χ2n) is 13.9. The number of ether oxygens (including phenoxy) is 1. The molecule has 4 heteroatoms. The molecule has 4 nitrogen and oxygen atoms in total. The fraction of sp³-hybridized carbons (Fsp3) is 0.178. The highest BCUT2D eigenvalue weighted by Gasteiger charge is 2.45. The first kappa shape index (κ1) is 28.2. The number of fused-ring (bicyclic) bond motifs is 9. The Bertz CT molecular complexity index is 2460. The average Bonchev–Trinajstić information content (AvgIpc) is 3.67. The first-order valence-corrected chi connectivity index (χ1v) is 17.4. The molecular weight excluding hydrogens is 599 g/mol. The summed E-state index contributed by atoms with van der Waals surface area (Å²) in [4.78, 5) is 10.6. The van der Waals surface area contributed by atoms with Crippen molar-refractivity contribution in [2.45, 2.75) is 49.9 Å². The van der Waals surface area contributed by atoms with E-state index in [-0.39, 0.29) is 11.3 Å². The van der Waals surface area contributed by atoms with E-state index >= 15 is 0 Å². The third kappa shape index (κ3) is 4.35. The van der Waals surface area contributed by atoms with Gasteiger partial charge in [0.25, 0.3) is 0 Å². The second-order valence-corrected chi connectivity index (χ2v) is 13.9. The second kappa shape index (κ2) is 10.9. The molecule has 1 unspecified atom stereocenters. The van der Waals surface area contributed by atoms with E-state index in [1.54, 1.807) is 0 Å². The van der Waals surface area contributed by atoms with Crippen LogP contribution in [0, 0.1) is 11.3 Å². The SMILES string of the molecule is N#Cc1ccc2c(c1)-c1c(-c3cc(C4=CCC5C(=C4)Oc4ccccc45)nc(-c4ccc5ccccc5c4)n3)cccc1C21CCCCC1. The molecule has 1 fully saturated rings. The molecule has 0 radical (unpaired) electrons. The molecule has 0 bridgehead atoms. The van der Waals surface area contributed by atoms with E-state index in [2.05, 4.69) is 115 Å². The summed E-state index contributed by atoms with van der Waals surface area (Å²) in [5.74, 6) is 2.85. The molecule has 49 heavy (non-hydrogen) atoms. The first-order valence-electron chi connectivity index (χ1n) is 17.4. The molecule has 1 spiro atoms. The van der Waals surface area contributed by atoms with Gasteiger partial charge < -0.3 is 4.74 Å². The van der Waals surface area contributed by atoms with E-state index in [4.69, 9.17) is 14.7 Å². The number of hydrogen-bond acceptors (Lipinski definition) is 4. The summed E-state index contributed by atoms with van der Waals surface area (Å²) < 4.78 is 6.38. The predicted molar refractivity (Wildman–Crippen MR) is 195 cm³/mol. The van der Waals surface area contributed by atoms with Crippen molar-refractivity contribution in [3.05, 3.63) is 155 Å². The van der Waals surface area contributed by atoms with Crippen LogP contribution in [0.15, 0.2) is 127 Å². The number of allylic oxidation sites excluding steroid dienone is 4. The third-order valence-corrected chi connectivity index (χ3v) is 11.3. The van der Waals surface area contributed by atoms with Crippen molar-refractivity contribution in [2.75, 3.05) is 0 Å². The zero-order chi connectivity index (χ0) is 32.5. The van der Waals surface area contributed by atoms with Gasteiger partial charge in [0.15, 0.2) is 5.82 Å². The van der Waals surface area contributed by atoms with Crippen molar-refractivity contribution in [3.63, 3.8) is 0 Å². The van der Waals surface area contributed by atoms with Gasteiger partial charge in [0.1, 0.15) is 11.5 Å². The minimum atomic E-state index is -0.0237. The van der Waals surface area contributed by atoms with Crippen molar-refractivity contribution in [1.29, 1.82) is 5.26 Å². The predicted octanol–water partition coefficient (Wildman–Crippen LogP) is 10.9. The number of benzene rings is 5. The molecule has 10 rings (SSSR count). The summed E-state index contributed by atoms with van der Waals surface area (Å²) in [6.45, 7) is 0. The van der Waals surface area contributed by atoms with Crippen LogP contribution in [-0.4, -0.2) is 9.97 Å². The van der Waals surface area contributed by atoms with E-state index in [1.807, 2.05) is 12.1 Å². The summed E-state index contributed by atoms with van der Waals surface area (Å²) in [6, 6.07) is 40.9. The number of nitriles is 1. The molecule has 6 aromatic rings. The summed E-state index contributed by atoms with van der Waals surface area (Å²) in [6.07, 6.45) is 11.3. The van der Waals surface area contributed by atoms with Gasteiger partial charge in [0.2, 0.25) is 0 Å². The smallest absolute Gasteiger partial charge is 0.160 e. The Morgan fingerprint density at radius 1 is 0.714 bits per heavy atom. The Hall–Kier alpha value is -5.79. The number of aromatic nitrogens is 2. The van der Waals surface area contributed by atoms with Gasteiger partial charge in [-0.3, -0.25) is 0 Å². The van der Waals surface area contributed by atoms with Crippen LogP contribution in [0.4, 0.5) is 0 Å². The summed E-state index contributed by atoms with van der Waals surface area (Å²) in [5, 5.41) is 12.3. The lowest BCUT2D eigenvalue weighted by Gasteiger charge is -2.36. The fourth-order valence-corrected chi connectivity index (χ4v) is 8.94. The van der Waals surface area contributed by atoms with Crippen LogP contribution >= 0.6 is 0 Å². The van der Waals surface area contributed by atoms with Crippen molar-refractivity contribution in [2.24, 2.45) is 0 Å². The topological polar surface area (TPSA) is 58.8 Å². The van der Waals surface area contributed by atoms with Crippen LogP contribution < -0.4 is 4.74 Å². The average molecular weight is 632 g/mol. The molecule has 3 aliphatic carbocycles. The molecule has 0 N–H and O–H groups in total. The molecule has 1 atom stereocenters. The quantitative estimate of drug-likeness (QED) is 0.195. The monoisotopic (exact) mass is 631 g/mol. The Balaban J connectivity index is 1.18. The molecule has 2 heterocycles. The van der Waals surface area contributed by atoms with Crippen LogP contribution in [0.3, 0.4) is 0 Å². The number of para-hydroxylation sites is 1. The fourth-order valence-electron chi connectivity index (χ4n) is 8.94. The molecule has 1 saturated carbocycles. The Morgan fingerprint density at radius 2 is 1.55 bits per heavy atom. The minimum Gasteiger partial charge on any atom is -0.461 e. The largest absolute Gasteiger partial charge is 0.461 e. The van der Waals surface area contributed by atoms with E-state index < -0.39 is 0 Å². The van der Waals surface area contributed by atoms with Gasteiger partial charge in [0, 0.05) is 28.0 Å². The first-order chi connectivity index (χ1) is 24.2. The maximum atomic E-state index is 9.95. The van der Waals surface area contributed by atoms with Gasteiger partial charge in [-0.15, -0.1) is 0 Å². The molecule has 5 aromatic carbocycles. The normalized spacial score (nSPS) is 18.1. The summed E-state index contributed by atoms with van der Waals surface area (Å²) >= 11 is 0. The van der Waals surface area contributed by atoms with Gasteiger partial charge in [-0.2, -0.15) is 5.26 Å². The third-order valence-electron chi connectivity index (χ3n) is 11.3. The van der Waals surface area contributed by atoms with E-state index in [1.165, 1.54) is 52.5 Å². The highest BCUT2D eigenvalue weighted by Crippen LogP contribution is 2.58. The summed E-state index contributed by atoms with van der Waals surface area (Å²) in [7, 11) is 0. The molecule has 4 aliphatic rings. The van der Waals surface area contributed by atoms with Gasteiger partial charge >= 0.3 is 0 Å². The lowest BCUT2D eigenvalue weighted by atomic mass is 9.67. The van der Waals surface area contributed by atoms with Crippen molar-refractivity contribution in [3.8, 4) is 45.6 Å². The van der Waals surface area contributed by atoms with Crippen molar-refractivity contribution < 1.29 is 4.74 Å². The molecule has 1 aliphatic heterocycles. The Kier molecular flexibility index (Phi) is 6.26. The minimum absolute atomic E-state index is 0.0237. The molecular formula is C45H33N3O. The lowest BCUT2D eigenvalue weighted by Crippen LogP contribution is -2.28. The Morgan fingerprint density at radius 3 is 2.45 bits per heavy atom. The van der Waals surface area contributed by atoms with Crippen LogP contribution in [-0.2, 0) is 5.41 Å². The van der Waals surface area contributed by atoms with Crippen molar-refractivity contribution >= 4 is 16.3 Å². The van der Waals surface area contributed by atoms with E-state index in [9.17, 15) is 5.26 Å². The highest BCUT2D eigenvalue weighted by molar-refractivity contribution is 5.94. The standard InChI is InChI=1S/C45H33N3O/c46-27-28-15-20-37-36(23-28)43-35(12-8-13-38(43)45(37)21-6-1-7-22-45)40-26-39(31-18-19-34-33-11-4-5-14-41(33)49-42(34)25-31)47-44(48-40)32-17-16-29-9-2-3-10-30(29)24-32/h2-5,8-18,20,23-26,34H,1,6-7,19,21-22H2. The lowest BCUT2D eigenvalue weighted by molar-refractivity contribution is 0.353. The number of hydrogen-bond donors (Lipinski definition) is 0. The van der Waals surface area contributed by atoms with E-state index in [0.29, 0.717) is 11.4 Å². The summed E-state index contributed by atoms with van der Waals surface area (Å²) in [5.41, 5.74) is 11.9. The zero-order valence-corrected chi connectivity index (χ0v) is 27.1.